The van der Waals surface area contributed by atoms with Crippen LogP contribution in [0.3, 0.4) is 0 Å². The molecule has 0 aromatic carbocycles. The second-order valence-corrected chi connectivity index (χ2v) is 6.61. The lowest BCUT2D eigenvalue weighted by atomic mass is 9.97. The van der Waals surface area contributed by atoms with Crippen LogP contribution in [0.15, 0.2) is 24.8 Å². The Balaban J connectivity index is 1.62. The Morgan fingerprint density at radius 1 is 1.31 bits per heavy atom. The average molecular weight is 355 g/mol. The fraction of sp³-hybridized carbons (Fsp3) is 0.474. The van der Waals surface area contributed by atoms with Crippen molar-refractivity contribution < 1.29 is 9.53 Å². The fourth-order valence-electron chi connectivity index (χ4n) is 3.42. The van der Waals surface area contributed by atoms with Crippen LogP contribution in [0.2, 0.25) is 0 Å². The molecule has 7 nitrogen and oxygen atoms in total. The third-order valence-electron chi connectivity index (χ3n) is 4.85. The van der Waals surface area contributed by atoms with Crippen LogP contribution in [0, 0.1) is 19.8 Å². The third kappa shape index (κ3) is 3.92. The SMILES string of the molecule is COc1c(C)cnc(CNC(=O)[C@@H]2CCCN(c3cnccn3)C2)c1C. The maximum Gasteiger partial charge on any atom is 0.225 e. The van der Waals surface area contributed by atoms with Crippen molar-refractivity contribution in [1.82, 2.24) is 20.3 Å². The first-order valence-electron chi connectivity index (χ1n) is 8.88. The lowest BCUT2D eigenvalue weighted by molar-refractivity contribution is -0.125. The zero-order valence-corrected chi connectivity index (χ0v) is 15.5. The molecule has 0 radical (unpaired) electrons. The number of carbonyl (C=O) groups is 1. The molecule has 1 aliphatic heterocycles. The molecule has 0 aliphatic carbocycles. The highest BCUT2D eigenvalue weighted by Crippen LogP contribution is 2.24. The van der Waals surface area contributed by atoms with Gasteiger partial charge in [-0.1, -0.05) is 0 Å². The Kier molecular flexibility index (Phi) is 5.65. The molecule has 138 valence electrons. The first-order valence-corrected chi connectivity index (χ1v) is 8.88. The van der Waals surface area contributed by atoms with Crippen molar-refractivity contribution in [3.8, 4) is 5.75 Å². The van der Waals surface area contributed by atoms with Crippen LogP contribution < -0.4 is 15.0 Å². The van der Waals surface area contributed by atoms with Gasteiger partial charge in [0.2, 0.25) is 5.91 Å². The predicted molar refractivity (Wildman–Crippen MR) is 99.1 cm³/mol. The van der Waals surface area contributed by atoms with Crippen LogP contribution in [0.25, 0.3) is 0 Å². The van der Waals surface area contributed by atoms with Crippen molar-refractivity contribution in [2.45, 2.75) is 33.2 Å². The number of methoxy groups -OCH3 is 1. The van der Waals surface area contributed by atoms with E-state index in [4.69, 9.17) is 4.74 Å². The Hall–Kier alpha value is -2.70. The topological polar surface area (TPSA) is 80.2 Å². The maximum absolute atomic E-state index is 12.6. The Bertz CT molecular complexity index is 766. The maximum atomic E-state index is 12.6. The van der Waals surface area contributed by atoms with E-state index < -0.39 is 0 Å². The fourth-order valence-corrected chi connectivity index (χ4v) is 3.42. The molecule has 1 aliphatic rings. The smallest absolute Gasteiger partial charge is 0.225 e. The second kappa shape index (κ2) is 8.12. The van der Waals surface area contributed by atoms with Crippen molar-refractivity contribution in [3.63, 3.8) is 0 Å². The molecule has 0 saturated carbocycles. The summed E-state index contributed by atoms with van der Waals surface area (Å²) in [4.78, 5) is 27.7. The van der Waals surface area contributed by atoms with Gasteiger partial charge in [-0.15, -0.1) is 0 Å². The van der Waals surface area contributed by atoms with Gasteiger partial charge in [0.15, 0.2) is 0 Å². The number of hydrogen-bond acceptors (Lipinski definition) is 6. The number of aryl methyl sites for hydroxylation is 1. The van der Waals surface area contributed by atoms with E-state index in [0.29, 0.717) is 13.1 Å². The molecule has 1 saturated heterocycles. The van der Waals surface area contributed by atoms with Gasteiger partial charge in [0.05, 0.1) is 31.5 Å². The molecule has 2 aromatic heterocycles. The first-order chi connectivity index (χ1) is 12.6. The van der Waals surface area contributed by atoms with Crippen LogP contribution in [0.1, 0.15) is 29.7 Å². The van der Waals surface area contributed by atoms with Crippen molar-refractivity contribution in [2.24, 2.45) is 5.92 Å². The predicted octanol–water partition coefficient (Wildman–Crippen LogP) is 2.03. The Morgan fingerprint density at radius 2 is 2.15 bits per heavy atom. The highest BCUT2D eigenvalue weighted by Gasteiger charge is 2.26. The zero-order chi connectivity index (χ0) is 18.5. The van der Waals surface area contributed by atoms with E-state index in [2.05, 4.69) is 25.2 Å². The molecule has 1 amide bonds. The van der Waals surface area contributed by atoms with Gasteiger partial charge in [-0.3, -0.25) is 14.8 Å². The van der Waals surface area contributed by atoms with E-state index in [1.54, 1.807) is 31.9 Å². The highest BCUT2D eigenvalue weighted by molar-refractivity contribution is 5.79. The summed E-state index contributed by atoms with van der Waals surface area (Å²) in [5, 5.41) is 3.03. The third-order valence-corrected chi connectivity index (χ3v) is 4.85. The molecular weight excluding hydrogens is 330 g/mol. The molecule has 1 fully saturated rings. The molecule has 3 rings (SSSR count). The van der Waals surface area contributed by atoms with Gasteiger partial charge in [-0.05, 0) is 26.7 Å². The van der Waals surface area contributed by atoms with Gasteiger partial charge in [0, 0.05) is 42.8 Å². The molecule has 2 aromatic rings. The van der Waals surface area contributed by atoms with Crippen LogP contribution in [0.4, 0.5) is 5.82 Å². The number of nitrogens with one attached hydrogen (secondary N) is 1. The summed E-state index contributed by atoms with van der Waals surface area (Å²) in [7, 11) is 1.65. The summed E-state index contributed by atoms with van der Waals surface area (Å²) >= 11 is 0. The van der Waals surface area contributed by atoms with Gasteiger partial charge >= 0.3 is 0 Å². The summed E-state index contributed by atoms with van der Waals surface area (Å²) in [5.41, 5.74) is 2.80. The summed E-state index contributed by atoms with van der Waals surface area (Å²) in [6.07, 6.45) is 8.70. The van der Waals surface area contributed by atoms with E-state index in [-0.39, 0.29) is 11.8 Å². The van der Waals surface area contributed by atoms with Crippen LogP contribution in [0.5, 0.6) is 5.75 Å². The van der Waals surface area contributed by atoms with E-state index in [0.717, 1.165) is 47.8 Å². The van der Waals surface area contributed by atoms with Gasteiger partial charge in [-0.25, -0.2) is 4.98 Å². The molecule has 3 heterocycles. The van der Waals surface area contributed by atoms with Crippen molar-refractivity contribution >= 4 is 11.7 Å². The van der Waals surface area contributed by atoms with Crippen LogP contribution >= 0.6 is 0 Å². The van der Waals surface area contributed by atoms with Crippen molar-refractivity contribution in [3.05, 3.63) is 41.6 Å². The summed E-state index contributed by atoms with van der Waals surface area (Å²) in [6, 6.07) is 0. The average Bonchev–Trinajstić information content (AvgIpc) is 2.68. The molecule has 1 N–H and O–H groups in total. The zero-order valence-electron chi connectivity index (χ0n) is 15.5. The van der Waals surface area contributed by atoms with Gasteiger partial charge in [0.1, 0.15) is 11.6 Å². The van der Waals surface area contributed by atoms with Gasteiger partial charge < -0.3 is 15.0 Å². The number of rotatable bonds is 5. The number of piperidine rings is 1. The normalized spacial score (nSPS) is 17.0. The van der Waals surface area contributed by atoms with Crippen molar-refractivity contribution in [1.29, 1.82) is 0 Å². The Morgan fingerprint density at radius 3 is 2.88 bits per heavy atom. The first kappa shape index (κ1) is 18.1. The lowest BCUT2D eigenvalue weighted by Gasteiger charge is -2.32. The standard InChI is InChI=1S/C19H25N5O2/c1-13-9-22-16(14(2)18(13)26-3)10-23-19(25)15-5-4-8-24(12-15)17-11-20-6-7-21-17/h6-7,9,11,15H,4-5,8,10,12H2,1-3H3,(H,23,25)/t15-/m1/s1. The summed E-state index contributed by atoms with van der Waals surface area (Å²) in [5.74, 6) is 1.65. The van der Waals surface area contributed by atoms with E-state index in [1.807, 2.05) is 13.8 Å². The molecular formula is C19H25N5O2. The van der Waals surface area contributed by atoms with Gasteiger partial charge in [0.25, 0.3) is 0 Å². The van der Waals surface area contributed by atoms with Crippen LogP contribution in [-0.4, -0.2) is 41.1 Å². The number of aromatic nitrogens is 3. The number of carbonyl (C=O) groups excluding carboxylic acids is 1. The molecule has 0 spiro atoms. The van der Waals surface area contributed by atoms with E-state index in [9.17, 15) is 4.79 Å². The highest BCUT2D eigenvalue weighted by atomic mass is 16.5. The molecule has 0 bridgehead atoms. The minimum Gasteiger partial charge on any atom is -0.496 e. The monoisotopic (exact) mass is 355 g/mol. The number of amides is 1. The second-order valence-electron chi connectivity index (χ2n) is 6.61. The number of ether oxygens (including phenoxy) is 1. The summed E-state index contributed by atoms with van der Waals surface area (Å²) in [6.45, 7) is 5.90. The summed E-state index contributed by atoms with van der Waals surface area (Å²) < 4.78 is 5.43. The molecule has 7 heteroatoms. The number of hydrogen-bond donors (Lipinski definition) is 1. The van der Waals surface area contributed by atoms with E-state index >= 15 is 0 Å². The molecule has 26 heavy (non-hydrogen) atoms. The lowest BCUT2D eigenvalue weighted by Crippen LogP contribution is -2.43. The molecule has 1 atom stereocenters. The number of pyridine rings is 1. The molecule has 0 unspecified atom stereocenters. The van der Waals surface area contributed by atoms with Gasteiger partial charge in [-0.2, -0.15) is 0 Å². The largest absolute Gasteiger partial charge is 0.496 e. The minimum atomic E-state index is -0.0570. The minimum absolute atomic E-state index is 0.0549. The Labute approximate surface area is 153 Å². The van der Waals surface area contributed by atoms with Crippen molar-refractivity contribution in [2.75, 3.05) is 25.1 Å². The number of anilines is 1. The number of nitrogens with zero attached hydrogens (tertiary/aromatic N) is 4. The van der Waals surface area contributed by atoms with E-state index in [1.165, 1.54) is 0 Å². The van der Waals surface area contributed by atoms with Crippen LogP contribution in [-0.2, 0) is 11.3 Å². The quantitative estimate of drug-likeness (QED) is 0.884.